The fourth-order valence-electron chi connectivity index (χ4n) is 4.03. The van der Waals surface area contributed by atoms with Gasteiger partial charge in [0.25, 0.3) is 0 Å². The summed E-state index contributed by atoms with van der Waals surface area (Å²) >= 11 is 0. The lowest BCUT2D eigenvalue weighted by Crippen LogP contribution is -2.62. The minimum atomic E-state index is -3.22. The van der Waals surface area contributed by atoms with Crippen molar-refractivity contribution in [1.82, 2.24) is 4.90 Å². The van der Waals surface area contributed by atoms with Gasteiger partial charge >= 0.3 is 0 Å². The van der Waals surface area contributed by atoms with Crippen LogP contribution in [0.15, 0.2) is 29.2 Å². The Kier molecular flexibility index (Phi) is 4.92. The lowest BCUT2D eigenvalue weighted by Gasteiger charge is -2.56. The minimum Gasteiger partial charge on any atom is -0.392 e. The summed E-state index contributed by atoms with van der Waals surface area (Å²) in [7, 11) is -1.55. The molecule has 25 heavy (non-hydrogen) atoms. The third-order valence-electron chi connectivity index (χ3n) is 5.78. The second kappa shape index (κ2) is 6.70. The predicted molar refractivity (Wildman–Crippen MR) is 92.9 cm³/mol. The molecule has 1 heterocycles. The lowest BCUT2D eigenvalue weighted by atomic mass is 9.58. The molecule has 1 N–H and O–H groups in total. The molecule has 1 aromatic rings. The number of rotatable bonds is 4. The molecule has 3 rings (SSSR count). The molecule has 2 atom stereocenters. The molecule has 1 aliphatic heterocycles. The molecule has 2 fully saturated rings. The number of likely N-dealkylation sites (tertiary alicyclic amines) is 1. The van der Waals surface area contributed by atoms with Crippen LogP contribution in [0.25, 0.3) is 0 Å². The molecule has 0 bridgehead atoms. The number of hydrogen-bond donors (Lipinski definition) is 1. The highest BCUT2D eigenvalue weighted by Crippen LogP contribution is 2.50. The van der Waals surface area contributed by atoms with Gasteiger partial charge in [-0.3, -0.25) is 4.79 Å². The lowest BCUT2D eigenvalue weighted by molar-refractivity contribution is -0.202. The number of piperidine rings is 1. The smallest absolute Gasteiger partial charge is 0.226 e. The summed E-state index contributed by atoms with van der Waals surface area (Å²) in [5.74, 6) is 0.0322. The summed E-state index contributed by atoms with van der Waals surface area (Å²) < 4.78 is 28.4. The second-order valence-corrected chi connectivity index (χ2v) is 9.20. The Morgan fingerprint density at radius 3 is 2.36 bits per heavy atom. The number of benzene rings is 1. The van der Waals surface area contributed by atoms with Gasteiger partial charge in [0.15, 0.2) is 9.84 Å². The van der Waals surface area contributed by atoms with Gasteiger partial charge in [-0.15, -0.1) is 0 Å². The number of carbonyl (C=O) groups is 1. The fraction of sp³-hybridized carbons (Fsp3) is 0.611. The predicted octanol–water partition coefficient (Wildman–Crippen LogP) is 1.02. The third-order valence-corrected chi connectivity index (χ3v) is 6.91. The van der Waals surface area contributed by atoms with Gasteiger partial charge in [0.2, 0.25) is 5.91 Å². The van der Waals surface area contributed by atoms with E-state index in [4.69, 9.17) is 4.74 Å². The average molecular weight is 367 g/mol. The van der Waals surface area contributed by atoms with Gasteiger partial charge in [-0.25, -0.2) is 8.42 Å². The van der Waals surface area contributed by atoms with E-state index in [-0.39, 0.29) is 34.8 Å². The zero-order valence-corrected chi connectivity index (χ0v) is 15.5. The highest BCUT2D eigenvalue weighted by molar-refractivity contribution is 7.90. The van der Waals surface area contributed by atoms with Crippen LogP contribution >= 0.6 is 0 Å². The van der Waals surface area contributed by atoms with Crippen molar-refractivity contribution in [1.29, 1.82) is 0 Å². The molecule has 0 radical (unpaired) electrons. The van der Waals surface area contributed by atoms with E-state index in [1.807, 2.05) is 4.90 Å². The van der Waals surface area contributed by atoms with Crippen LogP contribution in [0, 0.1) is 5.41 Å². The summed E-state index contributed by atoms with van der Waals surface area (Å²) in [6.45, 7) is 1.24. The van der Waals surface area contributed by atoms with Gasteiger partial charge < -0.3 is 14.7 Å². The number of ether oxygens (including phenoxy) is 1. The number of hydrogen-bond acceptors (Lipinski definition) is 5. The average Bonchev–Trinajstić information content (AvgIpc) is 2.59. The molecule has 0 unspecified atom stereocenters. The minimum absolute atomic E-state index is 0.0322. The van der Waals surface area contributed by atoms with Crippen molar-refractivity contribution in [3.8, 4) is 0 Å². The van der Waals surface area contributed by atoms with E-state index in [0.29, 0.717) is 19.5 Å². The number of aliphatic hydroxyl groups excluding tert-OH is 1. The number of sulfone groups is 1. The van der Waals surface area contributed by atoms with E-state index in [1.54, 1.807) is 19.2 Å². The fourth-order valence-corrected chi connectivity index (χ4v) is 4.66. The molecule has 1 saturated carbocycles. The van der Waals surface area contributed by atoms with Crippen molar-refractivity contribution >= 4 is 15.7 Å². The maximum atomic E-state index is 12.5. The molecule has 138 valence electrons. The van der Waals surface area contributed by atoms with Gasteiger partial charge in [-0.2, -0.15) is 0 Å². The first-order chi connectivity index (χ1) is 11.8. The molecular weight excluding hydrogens is 342 g/mol. The van der Waals surface area contributed by atoms with E-state index >= 15 is 0 Å². The molecule has 2 aliphatic rings. The first kappa shape index (κ1) is 18.4. The topological polar surface area (TPSA) is 83.9 Å². The maximum Gasteiger partial charge on any atom is 0.226 e. The molecule has 1 saturated heterocycles. The van der Waals surface area contributed by atoms with Gasteiger partial charge in [0, 0.05) is 38.3 Å². The van der Waals surface area contributed by atoms with E-state index < -0.39 is 9.84 Å². The largest absolute Gasteiger partial charge is 0.392 e. The molecule has 1 amide bonds. The van der Waals surface area contributed by atoms with E-state index in [9.17, 15) is 18.3 Å². The number of amides is 1. The van der Waals surface area contributed by atoms with Gasteiger partial charge in [-0.1, -0.05) is 12.1 Å². The van der Waals surface area contributed by atoms with Crippen LogP contribution in [-0.4, -0.2) is 63.0 Å². The normalized spacial score (nSPS) is 25.6. The Balaban J connectivity index is 1.58. The highest BCUT2D eigenvalue weighted by atomic mass is 32.2. The van der Waals surface area contributed by atoms with Crippen LogP contribution < -0.4 is 0 Å². The van der Waals surface area contributed by atoms with Crippen molar-refractivity contribution in [2.24, 2.45) is 5.41 Å². The third kappa shape index (κ3) is 3.45. The van der Waals surface area contributed by atoms with Crippen LogP contribution in [-0.2, 0) is 25.8 Å². The van der Waals surface area contributed by atoms with Crippen molar-refractivity contribution in [3.63, 3.8) is 0 Å². The van der Waals surface area contributed by atoms with Crippen LogP contribution in [0.1, 0.15) is 24.8 Å². The molecule has 1 aliphatic carbocycles. The number of carbonyl (C=O) groups excluding carboxylic acids is 1. The number of nitrogens with zero attached hydrogens (tertiary/aromatic N) is 1. The van der Waals surface area contributed by atoms with Crippen LogP contribution in [0.3, 0.4) is 0 Å². The highest BCUT2D eigenvalue weighted by Gasteiger charge is 2.56. The van der Waals surface area contributed by atoms with E-state index in [1.165, 1.54) is 18.4 Å². The van der Waals surface area contributed by atoms with Crippen LogP contribution in [0.5, 0.6) is 0 Å². The van der Waals surface area contributed by atoms with Gasteiger partial charge in [-0.05, 0) is 30.5 Å². The summed E-state index contributed by atoms with van der Waals surface area (Å²) in [5.41, 5.74) is 0.610. The van der Waals surface area contributed by atoms with E-state index in [2.05, 4.69) is 0 Å². The molecule has 0 aromatic heterocycles. The Labute approximate surface area is 148 Å². The summed E-state index contributed by atoms with van der Waals surface area (Å²) in [6, 6.07) is 6.46. The molecule has 6 nitrogen and oxygen atoms in total. The van der Waals surface area contributed by atoms with Crippen LogP contribution in [0.2, 0.25) is 0 Å². The Morgan fingerprint density at radius 2 is 1.88 bits per heavy atom. The molecular formula is C18H25NO5S. The standard InChI is InChI=1S/C18H25NO5S/c1-24-16-12-15(20)18(16)7-9-19(10-8-18)17(21)11-13-3-5-14(6-4-13)25(2,22)23/h3-6,15-16,20H,7-12H2,1-2H3/t15-,16+/m0/s1. The van der Waals surface area contributed by atoms with Crippen molar-refractivity contribution < 1.29 is 23.1 Å². The SMILES string of the molecule is CO[C@@H]1C[C@H](O)C12CCN(C(=O)Cc1ccc(S(C)(=O)=O)cc1)CC2. The second-order valence-electron chi connectivity index (χ2n) is 7.18. The Bertz CT molecular complexity index is 735. The van der Waals surface area contributed by atoms with Crippen molar-refractivity contribution in [2.45, 2.75) is 42.8 Å². The summed E-state index contributed by atoms with van der Waals surface area (Å²) in [4.78, 5) is 14.6. The van der Waals surface area contributed by atoms with Crippen molar-refractivity contribution in [3.05, 3.63) is 29.8 Å². The van der Waals surface area contributed by atoms with Gasteiger partial charge in [0.05, 0.1) is 23.5 Å². The van der Waals surface area contributed by atoms with E-state index in [0.717, 1.165) is 18.4 Å². The van der Waals surface area contributed by atoms with Crippen LogP contribution in [0.4, 0.5) is 0 Å². The monoisotopic (exact) mass is 367 g/mol. The zero-order chi connectivity index (χ0) is 18.2. The summed E-state index contributed by atoms with van der Waals surface area (Å²) in [6.07, 6.45) is 3.36. The van der Waals surface area contributed by atoms with Gasteiger partial charge in [0.1, 0.15) is 0 Å². The first-order valence-corrected chi connectivity index (χ1v) is 10.4. The first-order valence-electron chi connectivity index (χ1n) is 8.54. The Morgan fingerprint density at radius 1 is 1.28 bits per heavy atom. The number of methoxy groups -OCH3 is 1. The Hall–Kier alpha value is -1.44. The molecule has 1 aromatic carbocycles. The van der Waals surface area contributed by atoms with Crippen molar-refractivity contribution in [2.75, 3.05) is 26.5 Å². The molecule has 7 heteroatoms. The molecule has 1 spiro atoms. The number of aliphatic hydroxyl groups is 1. The maximum absolute atomic E-state index is 12.5. The quantitative estimate of drug-likeness (QED) is 0.859. The zero-order valence-electron chi connectivity index (χ0n) is 14.6. The summed E-state index contributed by atoms with van der Waals surface area (Å²) in [5, 5.41) is 10.1.